The summed E-state index contributed by atoms with van der Waals surface area (Å²) in [6.45, 7) is 1.26. The molecule has 3 rings (SSSR count). The zero-order chi connectivity index (χ0) is 17.6. The SMILES string of the molecule is CN(CCNC(=O)c1cccc(NC(=O)C2CC2)c1)c1ccccc1. The number of hydrogen-bond acceptors (Lipinski definition) is 3. The molecule has 0 radical (unpaired) electrons. The molecule has 0 spiro atoms. The van der Waals surface area contributed by atoms with E-state index in [-0.39, 0.29) is 17.7 Å². The number of rotatable bonds is 7. The first-order chi connectivity index (χ1) is 12.1. The van der Waals surface area contributed by atoms with Crippen LogP contribution in [-0.2, 0) is 4.79 Å². The van der Waals surface area contributed by atoms with Gasteiger partial charge in [-0.3, -0.25) is 9.59 Å². The number of carbonyl (C=O) groups is 2. The van der Waals surface area contributed by atoms with Gasteiger partial charge in [-0.05, 0) is 43.2 Å². The highest BCUT2D eigenvalue weighted by Crippen LogP contribution is 2.30. The Hall–Kier alpha value is -2.82. The Kier molecular flexibility index (Phi) is 5.33. The summed E-state index contributed by atoms with van der Waals surface area (Å²) >= 11 is 0. The van der Waals surface area contributed by atoms with Crippen molar-refractivity contribution in [3.63, 3.8) is 0 Å². The van der Waals surface area contributed by atoms with E-state index in [1.807, 2.05) is 37.4 Å². The minimum Gasteiger partial charge on any atom is -0.373 e. The van der Waals surface area contributed by atoms with Gasteiger partial charge in [0.25, 0.3) is 5.91 Å². The predicted molar refractivity (Wildman–Crippen MR) is 99.8 cm³/mol. The standard InChI is InChI=1S/C20H23N3O2/c1-23(18-8-3-2-4-9-18)13-12-21-19(24)16-6-5-7-17(14-16)22-20(25)15-10-11-15/h2-9,14-15H,10-13H2,1H3,(H,21,24)(H,22,25). The summed E-state index contributed by atoms with van der Waals surface area (Å²) < 4.78 is 0. The molecule has 0 unspecified atom stereocenters. The number of nitrogens with one attached hydrogen (secondary N) is 2. The van der Waals surface area contributed by atoms with E-state index in [1.54, 1.807) is 24.3 Å². The normalized spacial score (nSPS) is 13.2. The maximum absolute atomic E-state index is 12.3. The van der Waals surface area contributed by atoms with Crippen LogP contribution in [0.2, 0.25) is 0 Å². The van der Waals surface area contributed by atoms with Gasteiger partial charge in [0.2, 0.25) is 5.91 Å². The third-order valence-corrected chi connectivity index (χ3v) is 4.27. The summed E-state index contributed by atoms with van der Waals surface area (Å²) in [5.41, 5.74) is 2.34. The van der Waals surface area contributed by atoms with Crippen LogP contribution in [0.3, 0.4) is 0 Å². The average Bonchev–Trinajstić information content (AvgIpc) is 3.48. The number of likely N-dealkylation sites (N-methyl/N-ethyl adjacent to an activating group) is 1. The largest absolute Gasteiger partial charge is 0.373 e. The zero-order valence-corrected chi connectivity index (χ0v) is 14.4. The zero-order valence-electron chi connectivity index (χ0n) is 14.4. The van der Waals surface area contributed by atoms with E-state index in [0.29, 0.717) is 24.3 Å². The number of anilines is 2. The molecule has 1 aliphatic rings. The van der Waals surface area contributed by atoms with Crippen molar-refractivity contribution in [3.8, 4) is 0 Å². The summed E-state index contributed by atoms with van der Waals surface area (Å²) in [4.78, 5) is 26.2. The lowest BCUT2D eigenvalue weighted by molar-refractivity contribution is -0.117. The molecule has 25 heavy (non-hydrogen) atoms. The van der Waals surface area contributed by atoms with Gasteiger partial charge in [-0.2, -0.15) is 0 Å². The fourth-order valence-corrected chi connectivity index (χ4v) is 2.58. The van der Waals surface area contributed by atoms with Gasteiger partial charge in [0.05, 0.1) is 0 Å². The van der Waals surface area contributed by atoms with Crippen LogP contribution >= 0.6 is 0 Å². The molecule has 2 aromatic carbocycles. The lowest BCUT2D eigenvalue weighted by atomic mass is 10.2. The molecule has 0 bridgehead atoms. The first-order valence-electron chi connectivity index (χ1n) is 8.59. The lowest BCUT2D eigenvalue weighted by Crippen LogP contribution is -2.33. The molecule has 2 amide bonds. The van der Waals surface area contributed by atoms with Crippen LogP contribution in [0.4, 0.5) is 11.4 Å². The Labute approximate surface area is 148 Å². The van der Waals surface area contributed by atoms with Crippen molar-refractivity contribution in [1.82, 2.24) is 5.32 Å². The van der Waals surface area contributed by atoms with Crippen molar-refractivity contribution in [3.05, 3.63) is 60.2 Å². The fraction of sp³-hybridized carbons (Fsp3) is 0.300. The van der Waals surface area contributed by atoms with Crippen LogP contribution < -0.4 is 15.5 Å². The van der Waals surface area contributed by atoms with Crippen LogP contribution in [0, 0.1) is 5.92 Å². The smallest absolute Gasteiger partial charge is 0.251 e. The summed E-state index contributed by atoms with van der Waals surface area (Å²) in [6, 6.07) is 17.1. The summed E-state index contributed by atoms with van der Waals surface area (Å²) in [5, 5.41) is 5.79. The monoisotopic (exact) mass is 337 g/mol. The topological polar surface area (TPSA) is 61.4 Å². The van der Waals surface area contributed by atoms with Crippen LogP contribution in [0.5, 0.6) is 0 Å². The van der Waals surface area contributed by atoms with E-state index < -0.39 is 0 Å². The van der Waals surface area contributed by atoms with Crippen molar-refractivity contribution in [2.24, 2.45) is 5.92 Å². The van der Waals surface area contributed by atoms with E-state index in [1.165, 1.54) is 0 Å². The van der Waals surface area contributed by atoms with Crippen LogP contribution in [0.25, 0.3) is 0 Å². The van der Waals surface area contributed by atoms with Crippen LogP contribution in [-0.4, -0.2) is 32.0 Å². The molecule has 0 saturated heterocycles. The fourth-order valence-electron chi connectivity index (χ4n) is 2.58. The van der Waals surface area contributed by atoms with E-state index in [4.69, 9.17) is 0 Å². The number of para-hydroxylation sites is 1. The molecule has 1 aliphatic carbocycles. The Bertz CT molecular complexity index is 742. The van der Waals surface area contributed by atoms with E-state index >= 15 is 0 Å². The maximum Gasteiger partial charge on any atom is 0.251 e. The minimum atomic E-state index is -0.135. The quantitative estimate of drug-likeness (QED) is 0.817. The Balaban J connectivity index is 1.50. The number of carbonyl (C=O) groups excluding carboxylic acids is 2. The third kappa shape index (κ3) is 4.83. The molecule has 0 aromatic heterocycles. The number of benzene rings is 2. The number of amides is 2. The van der Waals surface area contributed by atoms with E-state index in [0.717, 1.165) is 18.5 Å². The van der Waals surface area contributed by atoms with Gasteiger partial charge in [0.15, 0.2) is 0 Å². The van der Waals surface area contributed by atoms with Gasteiger partial charge in [0.1, 0.15) is 0 Å². The molecular formula is C20H23N3O2. The predicted octanol–water partition coefficient (Wildman–Crippen LogP) is 2.90. The van der Waals surface area contributed by atoms with Crippen LogP contribution in [0.1, 0.15) is 23.2 Å². The molecule has 2 N–H and O–H groups in total. The first kappa shape index (κ1) is 17.0. The van der Waals surface area contributed by atoms with Crippen molar-refractivity contribution in [1.29, 1.82) is 0 Å². The van der Waals surface area contributed by atoms with Gasteiger partial charge >= 0.3 is 0 Å². The van der Waals surface area contributed by atoms with Crippen molar-refractivity contribution >= 4 is 23.2 Å². The van der Waals surface area contributed by atoms with Crippen molar-refractivity contribution in [2.45, 2.75) is 12.8 Å². The Morgan fingerprint density at radius 3 is 2.56 bits per heavy atom. The molecule has 2 aromatic rings. The summed E-state index contributed by atoms with van der Waals surface area (Å²) in [7, 11) is 2.00. The molecule has 0 aliphatic heterocycles. The van der Waals surface area contributed by atoms with E-state index in [9.17, 15) is 9.59 Å². The van der Waals surface area contributed by atoms with Crippen molar-refractivity contribution < 1.29 is 9.59 Å². The van der Waals surface area contributed by atoms with Crippen molar-refractivity contribution in [2.75, 3.05) is 30.4 Å². The summed E-state index contributed by atoms with van der Waals surface area (Å²) in [5.74, 6) is 0.0528. The second kappa shape index (κ2) is 7.83. The second-order valence-electron chi connectivity index (χ2n) is 6.36. The summed E-state index contributed by atoms with van der Waals surface area (Å²) in [6.07, 6.45) is 1.92. The van der Waals surface area contributed by atoms with Gasteiger partial charge in [-0.25, -0.2) is 0 Å². The minimum absolute atomic E-state index is 0.0436. The Morgan fingerprint density at radius 2 is 1.84 bits per heavy atom. The van der Waals surface area contributed by atoms with Gasteiger partial charge in [0, 0.05) is 43.0 Å². The van der Waals surface area contributed by atoms with E-state index in [2.05, 4.69) is 15.5 Å². The molecule has 0 atom stereocenters. The van der Waals surface area contributed by atoms with Gasteiger partial charge < -0.3 is 15.5 Å². The van der Waals surface area contributed by atoms with Crippen LogP contribution in [0.15, 0.2) is 54.6 Å². The molecule has 0 heterocycles. The molecule has 1 fully saturated rings. The van der Waals surface area contributed by atoms with Gasteiger partial charge in [-0.1, -0.05) is 24.3 Å². The molecule has 130 valence electrons. The molecule has 5 nitrogen and oxygen atoms in total. The first-order valence-corrected chi connectivity index (χ1v) is 8.59. The third-order valence-electron chi connectivity index (χ3n) is 4.27. The Morgan fingerprint density at radius 1 is 1.08 bits per heavy atom. The molecular weight excluding hydrogens is 314 g/mol. The number of hydrogen-bond donors (Lipinski definition) is 2. The highest BCUT2D eigenvalue weighted by molar-refractivity contribution is 5.98. The van der Waals surface area contributed by atoms with Gasteiger partial charge in [-0.15, -0.1) is 0 Å². The second-order valence-corrected chi connectivity index (χ2v) is 6.36. The highest BCUT2D eigenvalue weighted by atomic mass is 16.2. The molecule has 5 heteroatoms. The molecule has 1 saturated carbocycles. The highest BCUT2D eigenvalue weighted by Gasteiger charge is 2.29. The number of nitrogens with zero attached hydrogens (tertiary/aromatic N) is 1. The maximum atomic E-state index is 12.3. The average molecular weight is 337 g/mol. The lowest BCUT2D eigenvalue weighted by Gasteiger charge is -2.19.